The van der Waals surface area contributed by atoms with Gasteiger partial charge in [-0.25, -0.2) is 4.98 Å². The van der Waals surface area contributed by atoms with Gasteiger partial charge in [0.25, 0.3) is 0 Å². The summed E-state index contributed by atoms with van der Waals surface area (Å²) >= 11 is 7.34. The number of hydrogen-bond donors (Lipinski definition) is 1. The highest BCUT2D eigenvalue weighted by molar-refractivity contribution is 7.99. The first-order valence-electron chi connectivity index (χ1n) is 9.93. The Kier molecular flexibility index (Phi) is 6.75. The predicted molar refractivity (Wildman–Crippen MR) is 129 cm³/mol. The largest absolute Gasteiger partial charge is 0.325 e. The average molecular weight is 448 g/mol. The molecule has 1 amide bonds. The molecule has 0 spiro atoms. The van der Waals surface area contributed by atoms with E-state index in [0.717, 1.165) is 22.1 Å². The van der Waals surface area contributed by atoms with E-state index in [4.69, 9.17) is 16.6 Å². The zero-order chi connectivity index (χ0) is 21.6. The van der Waals surface area contributed by atoms with Crippen LogP contribution < -0.4 is 5.32 Å². The first-order valence-corrected chi connectivity index (χ1v) is 11.3. The van der Waals surface area contributed by atoms with Crippen LogP contribution in [0.15, 0.2) is 90.2 Å². The topological polar surface area (TPSA) is 46.9 Å². The number of nitrogens with one attached hydrogen (secondary N) is 1. The second-order valence-corrected chi connectivity index (χ2v) is 8.61. The summed E-state index contributed by atoms with van der Waals surface area (Å²) in [6.45, 7) is 2.77. The number of aryl methyl sites for hydroxylation is 1. The fourth-order valence-corrected chi connectivity index (χ4v) is 4.03. The highest BCUT2D eigenvalue weighted by Gasteiger charge is 2.13. The fourth-order valence-electron chi connectivity index (χ4n) is 3.13. The summed E-state index contributed by atoms with van der Waals surface area (Å²) in [5.41, 5.74) is 5.09. The Labute approximate surface area is 191 Å². The van der Waals surface area contributed by atoms with Crippen LogP contribution in [0.25, 0.3) is 11.3 Å². The van der Waals surface area contributed by atoms with Gasteiger partial charge in [-0.2, -0.15) is 0 Å². The van der Waals surface area contributed by atoms with Crippen LogP contribution in [0.4, 0.5) is 5.69 Å². The van der Waals surface area contributed by atoms with Crippen LogP contribution in [-0.2, 0) is 11.3 Å². The number of benzene rings is 3. The number of carbonyl (C=O) groups is 1. The monoisotopic (exact) mass is 447 g/mol. The molecule has 0 saturated carbocycles. The van der Waals surface area contributed by atoms with Crippen molar-refractivity contribution in [3.63, 3.8) is 0 Å². The van der Waals surface area contributed by atoms with Gasteiger partial charge in [-0.1, -0.05) is 83.5 Å². The first kappa shape index (κ1) is 21.2. The van der Waals surface area contributed by atoms with Crippen molar-refractivity contribution in [1.29, 1.82) is 0 Å². The van der Waals surface area contributed by atoms with E-state index in [2.05, 4.69) is 47.3 Å². The molecule has 6 heteroatoms. The summed E-state index contributed by atoms with van der Waals surface area (Å²) in [5.74, 6) is 0.181. The van der Waals surface area contributed by atoms with Crippen molar-refractivity contribution in [3.05, 3.63) is 101 Å². The molecular weight excluding hydrogens is 426 g/mol. The van der Waals surface area contributed by atoms with Gasteiger partial charge < -0.3 is 9.88 Å². The molecule has 4 aromatic rings. The van der Waals surface area contributed by atoms with Gasteiger partial charge in [0.1, 0.15) is 0 Å². The summed E-state index contributed by atoms with van der Waals surface area (Å²) in [6.07, 6.45) is 2.05. The van der Waals surface area contributed by atoms with Crippen molar-refractivity contribution >= 4 is 35.0 Å². The number of rotatable bonds is 7. The van der Waals surface area contributed by atoms with Crippen molar-refractivity contribution in [2.45, 2.75) is 18.6 Å². The second-order valence-electron chi connectivity index (χ2n) is 7.23. The number of carbonyl (C=O) groups excluding carboxylic acids is 1. The number of anilines is 1. The zero-order valence-corrected chi connectivity index (χ0v) is 18.7. The lowest BCUT2D eigenvalue weighted by Gasteiger charge is -2.08. The van der Waals surface area contributed by atoms with E-state index in [9.17, 15) is 4.79 Å². The molecule has 4 rings (SSSR count). The third-order valence-electron chi connectivity index (χ3n) is 4.74. The molecule has 0 aliphatic carbocycles. The molecule has 0 saturated heterocycles. The lowest BCUT2D eigenvalue weighted by Crippen LogP contribution is -2.14. The number of hydrogen-bond acceptors (Lipinski definition) is 3. The van der Waals surface area contributed by atoms with Crippen LogP contribution in [-0.4, -0.2) is 21.2 Å². The number of nitrogens with zero attached hydrogens (tertiary/aromatic N) is 2. The molecule has 31 heavy (non-hydrogen) atoms. The quantitative estimate of drug-likeness (QED) is 0.338. The van der Waals surface area contributed by atoms with E-state index in [1.165, 1.54) is 22.9 Å². The van der Waals surface area contributed by atoms with Crippen molar-refractivity contribution in [3.8, 4) is 11.3 Å². The summed E-state index contributed by atoms with van der Waals surface area (Å²) < 4.78 is 2.10. The van der Waals surface area contributed by atoms with Crippen LogP contribution in [0.3, 0.4) is 0 Å². The molecule has 0 unspecified atom stereocenters. The summed E-state index contributed by atoms with van der Waals surface area (Å²) in [7, 11) is 0. The minimum absolute atomic E-state index is 0.0848. The standard InChI is InChI=1S/C25H22ClN3OS/c1-18-7-9-19(10-8-18)15-29-16-23(20-5-3-2-4-6-20)28-25(29)31-17-24(30)27-22-13-11-21(26)12-14-22/h2-14,16H,15,17H2,1H3,(H,27,30). The first-order chi connectivity index (χ1) is 15.1. The van der Waals surface area contributed by atoms with E-state index in [0.29, 0.717) is 11.6 Å². The Bertz CT molecular complexity index is 1160. The third-order valence-corrected chi connectivity index (χ3v) is 5.99. The second kappa shape index (κ2) is 9.86. The van der Waals surface area contributed by atoms with Crippen molar-refractivity contribution in [2.75, 3.05) is 11.1 Å². The molecule has 0 atom stereocenters. The molecule has 0 aliphatic rings. The zero-order valence-electron chi connectivity index (χ0n) is 17.1. The van der Waals surface area contributed by atoms with Crippen LogP contribution in [0.1, 0.15) is 11.1 Å². The maximum atomic E-state index is 12.5. The minimum Gasteiger partial charge on any atom is -0.325 e. The molecule has 0 bridgehead atoms. The predicted octanol–water partition coefficient (Wildman–Crippen LogP) is 6.29. The number of halogens is 1. The van der Waals surface area contributed by atoms with Gasteiger partial charge in [0, 0.05) is 29.0 Å². The van der Waals surface area contributed by atoms with Crippen molar-refractivity contribution in [2.24, 2.45) is 0 Å². The maximum absolute atomic E-state index is 12.5. The SMILES string of the molecule is Cc1ccc(Cn2cc(-c3ccccc3)nc2SCC(=O)Nc2ccc(Cl)cc2)cc1. The normalized spacial score (nSPS) is 10.8. The lowest BCUT2D eigenvalue weighted by molar-refractivity contribution is -0.113. The average Bonchev–Trinajstić information content (AvgIpc) is 3.19. The van der Waals surface area contributed by atoms with Gasteiger partial charge in [-0.3, -0.25) is 4.79 Å². The van der Waals surface area contributed by atoms with E-state index in [-0.39, 0.29) is 11.7 Å². The lowest BCUT2D eigenvalue weighted by atomic mass is 10.1. The molecule has 0 fully saturated rings. The van der Waals surface area contributed by atoms with Gasteiger partial charge in [0.15, 0.2) is 5.16 Å². The Morgan fingerprint density at radius 3 is 2.42 bits per heavy atom. The van der Waals surface area contributed by atoms with Crippen molar-refractivity contribution < 1.29 is 4.79 Å². The Morgan fingerprint density at radius 2 is 1.71 bits per heavy atom. The van der Waals surface area contributed by atoms with Crippen molar-refractivity contribution in [1.82, 2.24) is 9.55 Å². The number of thioether (sulfide) groups is 1. The molecule has 0 aliphatic heterocycles. The number of amides is 1. The van der Waals surface area contributed by atoms with Gasteiger partial charge in [-0.05, 0) is 36.8 Å². The summed E-state index contributed by atoms with van der Waals surface area (Å²) in [4.78, 5) is 17.3. The highest BCUT2D eigenvalue weighted by Crippen LogP contribution is 2.25. The fraction of sp³-hybridized carbons (Fsp3) is 0.120. The molecule has 3 aromatic carbocycles. The molecular formula is C25H22ClN3OS. The van der Waals surface area contributed by atoms with E-state index < -0.39 is 0 Å². The van der Waals surface area contributed by atoms with Gasteiger partial charge in [0.2, 0.25) is 5.91 Å². The van der Waals surface area contributed by atoms with Crippen LogP contribution >= 0.6 is 23.4 Å². The Hall–Kier alpha value is -3.02. The van der Waals surface area contributed by atoms with E-state index >= 15 is 0 Å². The molecule has 4 nitrogen and oxygen atoms in total. The Balaban J connectivity index is 1.51. The maximum Gasteiger partial charge on any atom is 0.234 e. The Morgan fingerprint density at radius 1 is 1.00 bits per heavy atom. The molecule has 0 radical (unpaired) electrons. The molecule has 1 heterocycles. The van der Waals surface area contributed by atoms with Gasteiger partial charge >= 0.3 is 0 Å². The molecule has 156 valence electrons. The van der Waals surface area contributed by atoms with E-state index in [1.54, 1.807) is 24.3 Å². The van der Waals surface area contributed by atoms with Gasteiger partial charge in [-0.15, -0.1) is 0 Å². The molecule has 1 aromatic heterocycles. The smallest absolute Gasteiger partial charge is 0.234 e. The summed E-state index contributed by atoms with van der Waals surface area (Å²) in [5, 5.41) is 4.35. The number of imidazole rings is 1. The van der Waals surface area contributed by atoms with E-state index in [1.807, 2.05) is 30.3 Å². The van der Waals surface area contributed by atoms with Gasteiger partial charge in [0.05, 0.1) is 11.4 Å². The minimum atomic E-state index is -0.0848. The number of aromatic nitrogens is 2. The molecule has 1 N–H and O–H groups in total. The highest BCUT2D eigenvalue weighted by atomic mass is 35.5. The van der Waals surface area contributed by atoms with Crippen LogP contribution in [0.2, 0.25) is 5.02 Å². The van der Waals surface area contributed by atoms with Crippen LogP contribution in [0.5, 0.6) is 0 Å². The summed E-state index contributed by atoms with van der Waals surface area (Å²) in [6, 6.07) is 25.6. The third kappa shape index (κ3) is 5.78. The van der Waals surface area contributed by atoms with Crippen LogP contribution in [0, 0.1) is 6.92 Å².